The molecule has 5 nitrogen and oxygen atoms in total. The second kappa shape index (κ2) is 9.68. The van der Waals surface area contributed by atoms with Crippen molar-refractivity contribution >= 4 is 24.2 Å². The molecule has 1 aliphatic rings. The zero-order chi connectivity index (χ0) is 17.7. The first-order chi connectivity index (χ1) is 11.4. The maximum Gasteiger partial charge on any atom is 0.256 e. The van der Waals surface area contributed by atoms with Crippen molar-refractivity contribution in [3.05, 3.63) is 35.4 Å². The molecular weight excluding hydrogens is 352 g/mol. The van der Waals surface area contributed by atoms with Gasteiger partial charge in [0.25, 0.3) is 5.91 Å². The third-order valence-electron chi connectivity index (χ3n) is 4.37. The molecule has 1 heterocycles. The maximum absolute atomic E-state index is 13.7. The number of carbonyl (C=O) groups excluding carboxylic acids is 2. The summed E-state index contributed by atoms with van der Waals surface area (Å²) < 4.78 is 26.7. The fourth-order valence-electron chi connectivity index (χ4n) is 2.86. The summed E-state index contributed by atoms with van der Waals surface area (Å²) >= 11 is 0. The molecule has 0 unspecified atom stereocenters. The molecule has 0 radical (unpaired) electrons. The standard InChI is InChI=1S/C17H23F2N3O2.ClH/c1-20-7-10-21(2)16(23)12-5-8-22(9-6-12)17(24)14-4-3-13(18)11-15(14)19;/h3-4,11-12,20H,5-10H2,1-2H3;1H. The minimum atomic E-state index is -0.856. The smallest absolute Gasteiger partial charge is 0.256 e. The van der Waals surface area contributed by atoms with Crippen molar-refractivity contribution in [2.75, 3.05) is 40.3 Å². The number of hydrogen-bond donors (Lipinski definition) is 1. The molecule has 0 aliphatic carbocycles. The number of amides is 2. The van der Waals surface area contributed by atoms with Gasteiger partial charge in [0.1, 0.15) is 11.6 Å². The van der Waals surface area contributed by atoms with Crippen LogP contribution in [0.5, 0.6) is 0 Å². The number of likely N-dealkylation sites (tertiary alicyclic amines) is 1. The Bertz CT molecular complexity index is 608. The van der Waals surface area contributed by atoms with E-state index in [1.807, 2.05) is 7.05 Å². The Morgan fingerprint density at radius 1 is 1.28 bits per heavy atom. The highest BCUT2D eigenvalue weighted by Crippen LogP contribution is 2.22. The zero-order valence-corrected chi connectivity index (χ0v) is 15.2. The first-order valence-electron chi connectivity index (χ1n) is 8.08. The molecule has 0 atom stereocenters. The van der Waals surface area contributed by atoms with Gasteiger partial charge in [-0.3, -0.25) is 9.59 Å². The van der Waals surface area contributed by atoms with E-state index in [0.29, 0.717) is 38.5 Å². The summed E-state index contributed by atoms with van der Waals surface area (Å²) in [5, 5.41) is 3.00. The van der Waals surface area contributed by atoms with Crippen molar-refractivity contribution in [3.8, 4) is 0 Å². The van der Waals surface area contributed by atoms with Gasteiger partial charge >= 0.3 is 0 Å². The average molecular weight is 376 g/mol. The van der Waals surface area contributed by atoms with Gasteiger partial charge in [0.15, 0.2) is 0 Å². The number of piperidine rings is 1. The second-order valence-corrected chi connectivity index (χ2v) is 6.05. The Kier molecular flexibility index (Phi) is 8.25. The summed E-state index contributed by atoms with van der Waals surface area (Å²) in [6.45, 7) is 2.15. The zero-order valence-electron chi connectivity index (χ0n) is 14.4. The van der Waals surface area contributed by atoms with E-state index in [2.05, 4.69) is 5.32 Å². The lowest BCUT2D eigenvalue weighted by atomic mass is 9.95. The number of rotatable bonds is 5. The van der Waals surface area contributed by atoms with Gasteiger partial charge in [0.05, 0.1) is 5.56 Å². The lowest BCUT2D eigenvalue weighted by Crippen LogP contribution is -2.44. The molecular formula is C17H24ClF2N3O2. The van der Waals surface area contributed by atoms with E-state index in [1.54, 1.807) is 11.9 Å². The summed E-state index contributed by atoms with van der Waals surface area (Å²) in [5.41, 5.74) is -0.132. The molecule has 8 heteroatoms. The van der Waals surface area contributed by atoms with E-state index in [4.69, 9.17) is 0 Å². The van der Waals surface area contributed by atoms with Gasteiger partial charge in [-0.1, -0.05) is 0 Å². The molecule has 1 aromatic rings. The third kappa shape index (κ3) is 5.37. The molecule has 25 heavy (non-hydrogen) atoms. The number of nitrogens with one attached hydrogen (secondary N) is 1. The van der Waals surface area contributed by atoms with Crippen molar-refractivity contribution in [2.45, 2.75) is 12.8 Å². The number of nitrogens with zero attached hydrogens (tertiary/aromatic N) is 2. The quantitative estimate of drug-likeness (QED) is 0.855. The molecule has 1 aliphatic heterocycles. The minimum absolute atomic E-state index is 0. The van der Waals surface area contributed by atoms with Crippen LogP contribution in [0.1, 0.15) is 23.2 Å². The molecule has 0 aromatic heterocycles. The molecule has 1 N–H and O–H groups in total. The van der Waals surface area contributed by atoms with Crippen molar-refractivity contribution in [2.24, 2.45) is 5.92 Å². The fraction of sp³-hybridized carbons (Fsp3) is 0.529. The molecule has 1 fully saturated rings. The van der Waals surface area contributed by atoms with Gasteiger partial charge in [0.2, 0.25) is 5.91 Å². The van der Waals surface area contributed by atoms with E-state index < -0.39 is 17.5 Å². The lowest BCUT2D eigenvalue weighted by Gasteiger charge is -2.33. The van der Waals surface area contributed by atoms with Crippen LogP contribution in [0.4, 0.5) is 8.78 Å². The van der Waals surface area contributed by atoms with Gasteiger partial charge in [-0.25, -0.2) is 8.78 Å². The van der Waals surface area contributed by atoms with Gasteiger partial charge < -0.3 is 15.1 Å². The first-order valence-corrected chi connectivity index (χ1v) is 8.08. The van der Waals surface area contributed by atoms with E-state index in [1.165, 1.54) is 4.90 Å². The summed E-state index contributed by atoms with van der Waals surface area (Å²) in [4.78, 5) is 27.9. The largest absolute Gasteiger partial charge is 0.344 e. The Balaban J connectivity index is 0.00000312. The predicted molar refractivity (Wildman–Crippen MR) is 93.8 cm³/mol. The van der Waals surface area contributed by atoms with Crippen molar-refractivity contribution < 1.29 is 18.4 Å². The highest BCUT2D eigenvalue weighted by molar-refractivity contribution is 5.94. The van der Waals surface area contributed by atoms with Crippen LogP contribution < -0.4 is 5.32 Å². The summed E-state index contributed by atoms with van der Waals surface area (Å²) in [7, 11) is 3.60. The predicted octanol–water partition coefficient (Wildman–Crippen LogP) is 1.92. The van der Waals surface area contributed by atoms with E-state index in [-0.39, 0.29) is 29.8 Å². The average Bonchev–Trinajstić information content (AvgIpc) is 2.58. The highest BCUT2D eigenvalue weighted by Gasteiger charge is 2.30. The van der Waals surface area contributed by atoms with Crippen molar-refractivity contribution in [1.82, 2.24) is 15.1 Å². The van der Waals surface area contributed by atoms with Gasteiger partial charge in [-0.2, -0.15) is 0 Å². The second-order valence-electron chi connectivity index (χ2n) is 6.05. The summed E-state index contributed by atoms with van der Waals surface area (Å²) in [6.07, 6.45) is 1.11. The van der Waals surface area contributed by atoms with Crippen LogP contribution in [0.3, 0.4) is 0 Å². The number of halogens is 3. The fourth-order valence-corrected chi connectivity index (χ4v) is 2.86. The van der Waals surface area contributed by atoms with Crippen molar-refractivity contribution in [3.63, 3.8) is 0 Å². The van der Waals surface area contributed by atoms with Gasteiger partial charge in [0, 0.05) is 45.2 Å². The van der Waals surface area contributed by atoms with Crippen LogP contribution in [-0.4, -0.2) is 61.9 Å². The van der Waals surface area contributed by atoms with E-state index in [0.717, 1.165) is 18.7 Å². The highest BCUT2D eigenvalue weighted by atomic mass is 35.5. The molecule has 140 valence electrons. The Hall–Kier alpha value is -1.73. The summed E-state index contributed by atoms with van der Waals surface area (Å²) in [6, 6.07) is 2.94. The number of benzene rings is 1. The first kappa shape index (κ1) is 21.3. The lowest BCUT2D eigenvalue weighted by molar-refractivity contribution is -0.135. The Morgan fingerprint density at radius 2 is 1.92 bits per heavy atom. The SMILES string of the molecule is CNCCN(C)C(=O)C1CCN(C(=O)c2ccc(F)cc2F)CC1.Cl. The molecule has 0 saturated carbocycles. The Labute approximate surface area is 152 Å². The minimum Gasteiger partial charge on any atom is -0.344 e. The molecule has 1 saturated heterocycles. The van der Waals surface area contributed by atoms with Crippen LogP contribution in [0, 0.1) is 17.6 Å². The number of likely N-dealkylation sites (N-methyl/N-ethyl adjacent to an activating group) is 2. The normalized spacial score (nSPS) is 14.8. The third-order valence-corrected chi connectivity index (χ3v) is 4.37. The van der Waals surface area contributed by atoms with E-state index >= 15 is 0 Å². The van der Waals surface area contributed by atoms with Crippen LogP contribution in [0.15, 0.2) is 18.2 Å². The van der Waals surface area contributed by atoms with E-state index in [9.17, 15) is 18.4 Å². The summed E-state index contributed by atoms with van der Waals surface area (Å²) in [5.74, 6) is -2.07. The molecule has 0 spiro atoms. The van der Waals surface area contributed by atoms with Crippen LogP contribution >= 0.6 is 12.4 Å². The van der Waals surface area contributed by atoms with Crippen LogP contribution in [0.2, 0.25) is 0 Å². The monoisotopic (exact) mass is 375 g/mol. The van der Waals surface area contributed by atoms with Crippen LogP contribution in [-0.2, 0) is 4.79 Å². The molecule has 0 bridgehead atoms. The van der Waals surface area contributed by atoms with Crippen molar-refractivity contribution in [1.29, 1.82) is 0 Å². The molecule has 2 rings (SSSR count). The van der Waals surface area contributed by atoms with Crippen LogP contribution in [0.25, 0.3) is 0 Å². The van der Waals surface area contributed by atoms with Gasteiger partial charge in [-0.05, 0) is 32.0 Å². The molecule has 2 amide bonds. The maximum atomic E-state index is 13.7. The Morgan fingerprint density at radius 3 is 2.48 bits per heavy atom. The number of carbonyl (C=O) groups is 2. The van der Waals surface area contributed by atoms with Gasteiger partial charge in [-0.15, -0.1) is 12.4 Å². The topological polar surface area (TPSA) is 52.7 Å². The number of hydrogen-bond acceptors (Lipinski definition) is 3. The molecule has 1 aromatic carbocycles.